The third-order valence-electron chi connectivity index (χ3n) is 1.49. The predicted molar refractivity (Wildman–Crippen MR) is 49.8 cm³/mol. The summed E-state index contributed by atoms with van der Waals surface area (Å²) in [5, 5.41) is 14.1. The molecule has 16 heavy (non-hydrogen) atoms. The highest BCUT2D eigenvalue weighted by atomic mass is 16.5. The minimum Gasteiger partial charge on any atom is -0.480 e. The van der Waals surface area contributed by atoms with Gasteiger partial charge in [-0.3, -0.25) is 4.79 Å². The molecule has 0 radical (unpaired) electrons. The van der Waals surface area contributed by atoms with Crippen molar-refractivity contribution in [1.82, 2.24) is 15.5 Å². The fourth-order valence-electron chi connectivity index (χ4n) is 0.867. The van der Waals surface area contributed by atoms with Gasteiger partial charge in [-0.1, -0.05) is 5.16 Å². The molecule has 1 heterocycles. The van der Waals surface area contributed by atoms with E-state index in [2.05, 4.69) is 20.0 Å². The maximum Gasteiger partial charge on any atom is 0.329 e. The number of amides is 1. The molecule has 0 aliphatic heterocycles. The molecule has 8 nitrogen and oxygen atoms in total. The Kier molecular flexibility index (Phi) is 4.40. The summed E-state index contributed by atoms with van der Waals surface area (Å²) < 4.78 is 9.32. The van der Waals surface area contributed by atoms with E-state index >= 15 is 0 Å². The van der Waals surface area contributed by atoms with Crippen LogP contribution in [0.15, 0.2) is 4.52 Å². The van der Waals surface area contributed by atoms with Gasteiger partial charge in [-0.05, 0) is 0 Å². The van der Waals surface area contributed by atoms with Gasteiger partial charge in [0.1, 0.15) is 6.61 Å². The summed E-state index contributed by atoms with van der Waals surface area (Å²) in [7, 11) is 0. The first-order chi connectivity index (χ1) is 7.59. The number of aryl methyl sites for hydroxylation is 1. The molecule has 0 atom stereocenters. The van der Waals surface area contributed by atoms with Crippen LogP contribution in [-0.4, -0.2) is 46.9 Å². The van der Waals surface area contributed by atoms with Gasteiger partial charge in [0.2, 0.25) is 5.89 Å². The molecule has 0 spiro atoms. The number of carboxylic acids is 1. The molecule has 1 aromatic heterocycles. The number of aliphatic carboxylic acids is 1. The van der Waals surface area contributed by atoms with Crippen LogP contribution in [0, 0.1) is 6.92 Å². The van der Waals surface area contributed by atoms with Crippen molar-refractivity contribution in [3.63, 3.8) is 0 Å². The number of carbonyl (C=O) groups excluding carboxylic acids is 1. The molecule has 0 saturated carbocycles. The first kappa shape index (κ1) is 12.1. The second-order valence-corrected chi connectivity index (χ2v) is 2.84. The Labute approximate surface area is 90.6 Å². The zero-order chi connectivity index (χ0) is 12.0. The highest BCUT2D eigenvalue weighted by molar-refractivity contribution is 5.90. The SMILES string of the molecule is Cc1nc(C(=O)NCCOCC(=O)O)no1. The van der Waals surface area contributed by atoms with Crippen LogP contribution in [0.4, 0.5) is 0 Å². The maximum atomic E-state index is 11.3. The molecule has 1 rings (SSSR count). The van der Waals surface area contributed by atoms with Gasteiger partial charge in [0.05, 0.1) is 6.61 Å². The quantitative estimate of drug-likeness (QED) is 0.614. The van der Waals surface area contributed by atoms with E-state index < -0.39 is 18.5 Å². The number of hydrogen-bond acceptors (Lipinski definition) is 6. The van der Waals surface area contributed by atoms with Crippen LogP contribution in [-0.2, 0) is 9.53 Å². The second kappa shape index (κ2) is 5.81. The van der Waals surface area contributed by atoms with Crippen molar-refractivity contribution in [2.45, 2.75) is 6.92 Å². The smallest absolute Gasteiger partial charge is 0.329 e. The summed E-state index contributed by atoms with van der Waals surface area (Å²) in [4.78, 5) is 25.1. The number of rotatable bonds is 6. The van der Waals surface area contributed by atoms with Crippen molar-refractivity contribution in [3.05, 3.63) is 11.7 Å². The number of carbonyl (C=O) groups is 2. The molecule has 0 saturated heterocycles. The lowest BCUT2D eigenvalue weighted by atomic mass is 10.5. The van der Waals surface area contributed by atoms with Gasteiger partial charge in [0.15, 0.2) is 0 Å². The fourth-order valence-corrected chi connectivity index (χ4v) is 0.867. The van der Waals surface area contributed by atoms with Crippen molar-refractivity contribution in [1.29, 1.82) is 0 Å². The molecule has 0 aliphatic rings. The van der Waals surface area contributed by atoms with Crippen molar-refractivity contribution >= 4 is 11.9 Å². The van der Waals surface area contributed by atoms with Crippen LogP contribution in [0.25, 0.3) is 0 Å². The van der Waals surface area contributed by atoms with E-state index in [1.807, 2.05) is 0 Å². The molecule has 2 N–H and O–H groups in total. The number of hydrogen-bond donors (Lipinski definition) is 2. The van der Waals surface area contributed by atoms with E-state index in [0.29, 0.717) is 5.89 Å². The van der Waals surface area contributed by atoms with Crippen molar-refractivity contribution in [3.8, 4) is 0 Å². The highest BCUT2D eigenvalue weighted by Gasteiger charge is 2.11. The molecular formula is C8H11N3O5. The summed E-state index contributed by atoms with van der Waals surface area (Å²) in [6.07, 6.45) is 0. The molecule has 0 aromatic carbocycles. The van der Waals surface area contributed by atoms with Gasteiger partial charge in [-0.25, -0.2) is 4.79 Å². The molecule has 0 bridgehead atoms. The molecule has 1 aromatic rings. The van der Waals surface area contributed by atoms with Gasteiger partial charge in [0, 0.05) is 13.5 Å². The molecule has 88 valence electrons. The van der Waals surface area contributed by atoms with E-state index in [0.717, 1.165) is 0 Å². The summed E-state index contributed by atoms with van der Waals surface area (Å²) in [5.41, 5.74) is 0. The summed E-state index contributed by atoms with van der Waals surface area (Å²) in [6, 6.07) is 0. The number of ether oxygens (including phenoxy) is 1. The number of nitrogens with zero attached hydrogens (tertiary/aromatic N) is 2. The van der Waals surface area contributed by atoms with Crippen molar-refractivity contribution in [2.75, 3.05) is 19.8 Å². The third-order valence-corrected chi connectivity index (χ3v) is 1.49. The zero-order valence-corrected chi connectivity index (χ0v) is 8.60. The van der Waals surface area contributed by atoms with Crippen LogP contribution < -0.4 is 5.32 Å². The van der Waals surface area contributed by atoms with Crippen LogP contribution in [0.2, 0.25) is 0 Å². The first-order valence-electron chi connectivity index (χ1n) is 4.47. The molecule has 8 heteroatoms. The topological polar surface area (TPSA) is 115 Å². The standard InChI is InChI=1S/C8H11N3O5/c1-5-10-7(11-16-5)8(14)9-2-3-15-4-6(12)13/h2-4H2,1H3,(H,9,14)(H,12,13). The average molecular weight is 229 g/mol. The lowest BCUT2D eigenvalue weighted by molar-refractivity contribution is -0.142. The van der Waals surface area contributed by atoms with Gasteiger partial charge < -0.3 is 19.7 Å². The summed E-state index contributed by atoms with van der Waals surface area (Å²) in [6.45, 7) is 1.46. The number of aromatic nitrogens is 2. The third kappa shape index (κ3) is 4.05. The van der Waals surface area contributed by atoms with Gasteiger partial charge in [-0.2, -0.15) is 4.98 Å². The minimum atomic E-state index is -1.06. The van der Waals surface area contributed by atoms with Gasteiger partial charge in [0.25, 0.3) is 11.7 Å². The van der Waals surface area contributed by atoms with Crippen LogP contribution in [0.1, 0.15) is 16.5 Å². The highest BCUT2D eigenvalue weighted by Crippen LogP contribution is 1.93. The monoisotopic (exact) mass is 229 g/mol. The molecule has 1 amide bonds. The Morgan fingerprint density at radius 2 is 2.31 bits per heavy atom. The minimum absolute atomic E-state index is 0.0595. The van der Waals surface area contributed by atoms with Crippen LogP contribution in [0.3, 0.4) is 0 Å². The molecule has 0 fully saturated rings. The van der Waals surface area contributed by atoms with E-state index in [1.165, 1.54) is 0 Å². The maximum absolute atomic E-state index is 11.3. The Balaban J connectivity index is 2.18. The largest absolute Gasteiger partial charge is 0.480 e. The zero-order valence-electron chi connectivity index (χ0n) is 8.60. The second-order valence-electron chi connectivity index (χ2n) is 2.84. The van der Waals surface area contributed by atoms with E-state index in [9.17, 15) is 9.59 Å². The average Bonchev–Trinajstić information content (AvgIpc) is 2.63. The van der Waals surface area contributed by atoms with Gasteiger partial charge >= 0.3 is 5.97 Å². The Morgan fingerprint density at radius 1 is 1.56 bits per heavy atom. The van der Waals surface area contributed by atoms with Crippen molar-refractivity contribution in [2.24, 2.45) is 0 Å². The fraction of sp³-hybridized carbons (Fsp3) is 0.500. The van der Waals surface area contributed by atoms with Crippen LogP contribution >= 0.6 is 0 Å². The molecular weight excluding hydrogens is 218 g/mol. The number of carboxylic acid groups (broad SMARTS) is 1. The van der Waals surface area contributed by atoms with Crippen LogP contribution in [0.5, 0.6) is 0 Å². The molecule has 0 unspecified atom stereocenters. The number of nitrogens with one attached hydrogen (secondary N) is 1. The van der Waals surface area contributed by atoms with Gasteiger partial charge in [-0.15, -0.1) is 0 Å². The molecule has 0 aliphatic carbocycles. The first-order valence-corrected chi connectivity index (χ1v) is 4.47. The van der Waals surface area contributed by atoms with E-state index in [-0.39, 0.29) is 19.0 Å². The Hall–Kier alpha value is -1.96. The lowest BCUT2D eigenvalue weighted by Crippen LogP contribution is -2.28. The summed E-state index contributed by atoms with van der Waals surface area (Å²) >= 11 is 0. The normalized spacial score (nSPS) is 10.1. The Morgan fingerprint density at radius 3 is 2.88 bits per heavy atom. The Bertz CT molecular complexity index is 376. The van der Waals surface area contributed by atoms with E-state index in [4.69, 9.17) is 9.84 Å². The van der Waals surface area contributed by atoms with E-state index in [1.54, 1.807) is 6.92 Å². The summed E-state index contributed by atoms with van der Waals surface area (Å²) in [5.74, 6) is -1.31. The lowest BCUT2D eigenvalue weighted by Gasteiger charge is -2.01. The van der Waals surface area contributed by atoms with Crippen molar-refractivity contribution < 1.29 is 24.0 Å². The predicted octanol–water partition coefficient (Wildman–Crippen LogP) is -0.791.